The van der Waals surface area contributed by atoms with Crippen LogP contribution in [0.3, 0.4) is 0 Å². The van der Waals surface area contributed by atoms with Gasteiger partial charge in [0, 0.05) is 17.0 Å². The zero-order valence-electron chi connectivity index (χ0n) is 11.3. The van der Waals surface area contributed by atoms with E-state index in [0.717, 1.165) is 17.1 Å². The molecule has 0 aromatic heterocycles. The third-order valence-corrected chi connectivity index (χ3v) is 3.87. The van der Waals surface area contributed by atoms with Crippen LogP contribution in [0.2, 0.25) is 0 Å². The van der Waals surface area contributed by atoms with E-state index < -0.39 is 5.82 Å². The van der Waals surface area contributed by atoms with Crippen LogP contribution in [0.5, 0.6) is 0 Å². The summed E-state index contributed by atoms with van der Waals surface area (Å²) in [5.41, 5.74) is 0.321. The quantitative estimate of drug-likeness (QED) is 0.648. The van der Waals surface area contributed by atoms with E-state index in [2.05, 4.69) is 5.32 Å². The van der Waals surface area contributed by atoms with Gasteiger partial charge in [-0.05, 0) is 54.6 Å². The van der Waals surface area contributed by atoms with Crippen molar-refractivity contribution >= 4 is 17.7 Å². The highest BCUT2D eigenvalue weighted by molar-refractivity contribution is 7.99. The van der Waals surface area contributed by atoms with Gasteiger partial charge in [0.1, 0.15) is 11.6 Å². The van der Waals surface area contributed by atoms with E-state index in [9.17, 15) is 13.6 Å². The minimum absolute atomic E-state index is 0.248. The first kappa shape index (κ1) is 15.5. The lowest BCUT2D eigenvalue weighted by Gasteiger charge is -2.05. The molecule has 0 unspecified atom stereocenters. The number of halogens is 2. The predicted molar refractivity (Wildman–Crippen MR) is 80.5 cm³/mol. The summed E-state index contributed by atoms with van der Waals surface area (Å²) in [5, 5.41) is 2.74. The van der Waals surface area contributed by atoms with Crippen molar-refractivity contribution in [1.82, 2.24) is 5.32 Å². The summed E-state index contributed by atoms with van der Waals surface area (Å²) in [6.07, 6.45) is 0.781. The van der Waals surface area contributed by atoms with Crippen LogP contribution in [-0.4, -0.2) is 18.2 Å². The van der Waals surface area contributed by atoms with Crippen LogP contribution >= 0.6 is 11.8 Å². The number of benzene rings is 2. The first-order valence-corrected chi connectivity index (χ1v) is 7.56. The van der Waals surface area contributed by atoms with Crippen molar-refractivity contribution in [3.05, 3.63) is 65.7 Å². The molecule has 0 atom stereocenters. The molecule has 1 N–H and O–H groups in total. The number of hydrogen-bond acceptors (Lipinski definition) is 2. The van der Waals surface area contributed by atoms with Gasteiger partial charge in [-0.1, -0.05) is 6.07 Å². The second-order valence-corrected chi connectivity index (χ2v) is 5.59. The Balaban J connectivity index is 1.68. The average molecular weight is 307 g/mol. The second kappa shape index (κ2) is 7.78. The maximum absolute atomic E-state index is 13.0. The highest BCUT2D eigenvalue weighted by Gasteiger charge is 2.05. The Labute approximate surface area is 126 Å². The molecule has 0 spiro atoms. The zero-order chi connectivity index (χ0) is 15.1. The lowest BCUT2D eigenvalue weighted by atomic mass is 10.2. The fourth-order valence-electron chi connectivity index (χ4n) is 1.73. The molecule has 2 aromatic carbocycles. The van der Waals surface area contributed by atoms with E-state index >= 15 is 0 Å². The Bertz CT molecular complexity index is 601. The maximum atomic E-state index is 13.0. The molecule has 0 bridgehead atoms. The number of thioether (sulfide) groups is 1. The highest BCUT2D eigenvalue weighted by Crippen LogP contribution is 2.18. The Morgan fingerprint density at radius 3 is 2.52 bits per heavy atom. The van der Waals surface area contributed by atoms with Gasteiger partial charge in [-0.25, -0.2) is 8.78 Å². The molecule has 2 nitrogen and oxygen atoms in total. The number of amides is 1. The largest absolute Gasteiger partial charge is 0.352 e. The summed E-state index contributed by atoms with van der Waals surface area (Å²) in [6.45, 7) is 0.517. The van der Waals surface area contributed by atoms with Gasteiger partial charge in [-0.3, -0.25) is 4.79 Å². The van der Waals surface area contributed by atoms with Crippen molar-refractivity contribution in [3.8, 4) is 0 Å². The van der Waals surface area contributed by atoms with E-state index in [4.69, 9.17) is 0 Å². The first-order valence-electron chi connectivity index (χ1n) is 6.57. The van der Waals surface area contributed by atoms with Crippen molar-refractivity contribution in [2.24, 2.45) is 0 Å². The van der Waals surface area contributed by atoms with Gasteiger partial charge in [0.05, 0.1) is 0 Å². The summed E-state index contributed by atoms with van der Waals surface area (Å²) in [7, 11) is 0. The Morgan fingerprint density at radius 1 is 1.05 bits per heavy atom. The van der Waals surface area contributed by atoms with E-state index in [1.165, 1.54) is 30.3 Å². The molecule has 0 aliphatic heterocycles. The van der Waals surface area contributed by atoms with Crippen molar-refractivity contribution in [3.63, 3.8) is 0 Å². The van der Waals surface area contributed by atoms with Crippen LogP contribution in [-0.2, 0) is 0 Å². The molecule has 110 valence electrons. The first-order chi connectivity index (χ1) is 10.1. The molecule has 0 aliphatic carbocycles. The summed E-state index contributed by atoms with van der Waals surface area (Å²) >= 11 is 1.60. The molecular formula is C16H15F2NOS. The number of nitrogens with one attached hydrogen (secondary N) is 1. The van der Waals surface area contributed by atoms with Gasteiger partial charge in [0.25, 0.3) is 5.91 Å². The molecule has 2 aromatic rings. The molecule has 0 radical (unpaired) electrons. The van der Waals surface area contributed by atoms with Crippen molar-refractivity contribution in [1.29, 1.82) is 0 Å². The average Bonchev–Trinajstić information content (AvgIpc) is 2.48. The van der Waals surface area contributed by atoms with Crippen LogP contribution in [0.15, 0.2) is 53.4 Å². The molecular weight excluding hydrogens is 292 g/mol. The molecule has 0 saturated heterocycles. The molecule has 1 amide bonds. The van der Waals surface area contributed by atoms with Gasteiger partial charge >= 0.3 is 0 Å². The zero-order valence-corrected chi connectivity index (χ0v) is 12.1. The number of rotatable bonds is 6. The van der Waals surface area contributed by atoms with E-state index in [1.807, 2.05) is 0 Å². The summed E-state index contributed by atoms with van der Waals surface area (Å²) < 4.78 is 25.7. The van der Waals surface area contributed by atoms with Crippen LogP contribution in [0, 0.1) is 11.6 Å². The lowest BCUT2D eigenvalue weighted by molar-refractivity contribution is 0.0953. The third kappa shape index (κ3) is 5.19. The Morgan fingerprint density at radius 2 is 1.81 bits per heavy atom. The van der Waals surface area contributed by atoms with Crippen LogP contribution in [0.4, 0.5) is 8.78 Å². The topological polar surface area (TPSA) is 29.1 Å². The minimum atomic E-state index is -0.422. The summed E-state index contributed by atoms with van der Waals surface area (Å²) in [5.74, 6) is -0.132. The van der Waals surface area contributed by atoms with Crippen molar-refractivity contribution in [2.45, 2.75) is 11.3 Å². The summed E-state index contributed by atoms with van der Waals surface area (Å²) in [6, 6.07) is 11.9. The summed E-state index contributed by atoms with van der Waals surface area (Å²) in [4.78, 5) is 12.7. The molecule has 0 fully saturated rings. The van der Waals surface area contributed by atoms with Crippen LogP contribution in [0.25, 0.3) is 0 Å². The Kier molecular flexibility index (Phi) is 5.75. The fraction of sp³-hybridized carbons (Fsp3) is 0.188. The van der Waals surface area contributed by atoms with Crippen molar-refractivity contribution in [2.75, 3.05) is 12.3 Å². The highest BCUT2D eigenvalue weighted by atomic mass is 32.2. The Hall–Kier alpha value is -1.88. The number of hydrogen-bond donors (Lipinski definition) is 1. The molecule has 0 saturated carbocycles. The second-order valence-electron chi connectivity index (χ2n) is 4.42. The standard InChI is InChI=1S/C16H15F2NOS/c17-13-5-7-15(8-6-13)21-10-2-9-19-16(20)12-3-1-4-14(18)11-12/h1,3-8,11H,2,9-10H2,(H,19,20). The molecule has 5 heteroatoms. The molecule has 0 heterocycles. The van der Waals surface area contributed by atoms with Crippen LogP contribution in [0.1, 0.15) is 16.8 Å². The van der Waals surface area contributed by atoms with Gasteiger partial charge in [-0.15, -0.1) is 11.8 Å². The molecule has 21 heavy (non-hydrogen) atoms. The van der Waals surface area contributed by atoms with Gasteiger partial charge in [0.15, 0.2) is 0 Å². The SMILES string of the molecule is O=C(NCCCSc1ccc(F)cc1)c1cccc(F)c1. The monoisotopic (exact) mass is 307 g/mol. The lowest BCUT2D eigenvalue weighted by Crippen LogP contribution is -2.24. The van der Waals surface area contributed by atoms with Crippen LogP contribution < -0.4 is 5.32 Å². The molecule has 0 aliphatic rings. The van der Waals surface area contributed by atoms with E-state index in [0.29, 0.717) is 12.1 Å². The third-order valence-electron chi connectivity index (χ3n) is 2.78. The number of carbonyl (C=O) groups is 1. The van der Waals surface area contributed by atoms with E-state index in [1.54, 1.807) is 30.0 Å². The van der Waals surface area contributed by atoms with Gasteiger partial charge in [-0.2, -0.15) is 0 Å². The van der Waals surface area contributed by atoms with Crippen molar-refractivity contribution < 1.29 is 13.6 Å². The smallest absolute Gasteiger partial charge is 0.251 e. The molecule has 2 rings (SSSR count). The normalized spacial score (nSPS) is 10.4. The van der Waals surface area contributed by atoms with Gasteiger partial charge in [0.2, 0.25) is 0 Å². The number of carbonyl (C=O) groups excluding carboxylic acids is 1. The maximum Gasteiger partial charge on any atom is 0.251 e. The van der Waals surface area contributed by atoms with Gasteiger partial charge < -0.3 is 5.32 Å². The minimum Gasteiger partial charge on any atom is -0.352 e. The fourth-order valence-corrected chi connectivity index (χ4v) is 2.58. The predicted octanol–water partition coefficient (Wildman–Crippen LogP) is 3.88. The van der Waals surface area contributed by atoms with E-state index in [-0.39, 0.29) is 11.7 Å².